The molecule has 6 heteroatoms. The van der Waals surface area contributed by atoms with Gasteiger partial charge in [0.15, 0.2) is 0 Å². The molecule has 0 radical (unpaired) electrons. The molecule has 0 unspecified atom stereocenters. The van der Waals surface area contributed by atoms with Crippen LogP contribution in [-0.4, -0.2) is 9.97 Å². The third-order valence-corrected chi connectivity index (χ3v) is 3.17. The Hall–Kier alpha value is -1.17. The molecule has 0 amide bonds. The fourth-order valence-corrected chi connectivity index (χ4v) is 1.87. The van der Waals surface area contributed by atoms with Gasteiger partial charge in [-0.15, -0.1) is 0 Å². The fraction of sp³-hybridized carbons (Fsp3) is 0. The van der Waals surface area contributed by atoms with Gasteiger partial charge >= 0.3 is 0 Å². The summed E-state index contributed by atoms with van der Waals surface area (Å²) in [5.41, 5.74) is 6.18. The van der Waals surface area contributed by atoms with Crippen LogP contribution in [0.25, 0.3) is 0 Å². The average molecular weight is 344 g/mol. The van der Waals surface area contributed by atoms with Crippen molar-refractivity contribution in [2.45, 2.75) is 0 Å². The Morgan fingerprint density at radius 3 is 2.72 bits per heavy atom. The average Bonchev–Trinajstić information content (AvgIpc) is 2.34. The largest absolute Gasteiger partial charge is 0.437 e. The molecule has 0 bridgehead atoms. The zero-order chi connectivity index (χ0) is 13.1. The number of hydrogen-bond donors (Lipinski definition) is 1. The Morgan fingerprint density at radius 2 is 2.11 bits per heavy atom. The monoisotopic (exact) mass is 342 g/mol. The van der Waals surface area contributed by atoms with Crippen LogP contribution < -0.4 is 10.5 Å². The highest BCUT2D eigenvalue weighted by atomic mass is 79.9. The quantitative estimate of drug-likeness (QED) is 0.858. The Morgan fingerprint density at radius 1 is 1.33 bits per heavy atom. The summed E-state index contributed by atoms with van der Waals surface area (Å²) in [5, 5.41) is 0.512. The van der Waals surface area contributed by atoms with Crippen LogP contribution in [0.1, 0.15) is 5.56 Å². The van der Waals surface area contributed by atoms with Gasteiger partial charge in [-0.3, -0.25) is 0 Å². The minimum Gasteiger partial charge on any atom is -0.437 e. The minimum atomic E-state index is 0.300. The Balaban J connectivity index is 2.23. The third kappa shape index (κ3) is 3.19. The summed E-state index contributed by atoms with van der Waals surface area (Å²) >= 11 is 14.2. The van der Waals surface area contributed by atoms with Crippen LogP contribution in [-0.2, 0) is 0 Å². The van der Waals surface area contributed by atoms with Gasteiger partial charge in [0, 0.05) is 22.3 Å². The molecular weight excluding hydrogens is 336 g/mol. The van der Waals surface area contributed by atoms with Crippen LogP contribution in [0.3, 0.4) is 0 Å². The second kappa shape index (κ2) is 5.65. The minimum absolute atomic E-state index is 0.300. The van der Waals surface area contributed by atoms with Crippen molar-refractivity contribution in [1.29, 1.82) is 0 Å². The number of pyridine rings is 1. The van der Waals surface area contributed by atoms with Gasteiger partial charge < -0.3 is 10.5 Å². The van der Waals surface area contributed by atoms with E-state index in [-0.39, 0.29) is 0 Å². The zero-order valence-electron chi connectivity index (χ0n) is 9.06. The van der Waals surface area contributed by atoms with Crippen LogP contribution in [0.15, 0.2) is 41.0 Å². The summed E-state index contributed by atoms with van der Waals surface area (Å²) in [5.74, 6) is 0.955. The van der Waals surface area contributed by atoms with E-state index in [0.717, 1.165) is 4.47 Å². The molecule has 0 aliphatic rings. The molecule has 1 heterocycles. The standard InChI is InChI=1S/C12H8BrClN2OS/c13-8-2-3-9(14)10(5-8)17-11-4-1-7(6-16-11)12(15)18/h1-6H,(H2,15,18). The van der Waals surface area contributed by atoms with Gasteiger partial charge in [-0.25, -0.2) is 4.98 Å². The number of nitrogens with zero attached hydrogens (tertiary/aromatic N) is 1. The smallest absolute Gasteiger partial charge is 0.219 e. The first-order valence-electron chi connectivity index (χ1n) is 4.95. The summed E-state index contributed by atoms with van der Waals surface area (Å²) in [6.45, 7) is 0. The summed E-state index contributed by atoms with van der Waals surface area (Å²) in [7, 11) is 0. The van der Waals surface area contributed by atoms with Crippen LogP contribution in [0.5, 0.6) is 11.6 Å². The number of hydrogen-bond acceptors (Lipinski definition) is 3. The first-order valence-corrected chi connectivity index (χ1v) is 6.53. The van der Waals surface area contributed by atoms with E-state index in [0.29, 0.717) is 27.2 Å². The van der Waals surface area contributed by atoms with Gasteiger partial charge in [0.25, 0.3) is 0 Å². The molecule has 0 fully saturated rings. The highest BCUT2D eigenvalue weighted by Gasteiger charge is 2.05. The molecular formula is C12H8BrClN2OS. The summed E-state index contributed by atoms with van der Waals surface area (Å²) in [4.78, 5) is 4.40. The molecule has 0 aliphatic heterocycles. The topological polar surface area (TPSA) is 48.1 Å². The third-order valence-electron chi connectivity index (χ3n) is 2.13. The first kappa shape index (κ1) is 13.3. The number of benzene rings is 1. The lowest BCUT2D eigenvalue weighted by Gasteiger charge is -2.07. The Bertz CT molecular complexity index is 589. The van der Waals surface area contributed by atoms with E-state index in [1.54, 1.807) is 30.5 Å². The van der Waals surface area contributed by atoms with Crippen molar-refractivity contribution in [3.05, 3.63) is 51.6 Å². The van der Waals surface area contributed by atoms with E-state index < -0.39 is 0 Å². The Kier molecular flexibility index (Phi) is 4.16. The van der Waals surface area contributed by atoms with Crippen molar-refractivity contribution < 1.29 is 4.74 Å². The lowest BCUT2D eigenvalue weighted by Crippen LogP contribution is -2.09. The van der Waals surface area contributed by atoms with Crippen LogP contribution in [0.4, 0.5) is 0 Å². The van der Waals surface area contributed by atoms with Crippen molar-refractivity contribution in [3.8, 4) is 11.6 Å². The second-order valence-corrected chi connectivity index (χ2v) is 5.19. The maximum Gasteiger partial charge on any atom is 0.219 e. The summed E-state index contributed by atoms with van der Waals surface area (Å²) < 4.78 is 6.44. The molecule has 0 aliphatic carbocycles. The van der Waals surface area contributed by atoms with E-state index in [1.165, 1.54) is 0 Å². The number of nitrogens with two attached hydrogens (primary N) is 1. The number of aromatic nitrogens is 1. The summed E-state index contributed by atoms with van der Waals surface area (Å²) in [6, 6.07) is 8.77. The molecule has 0 saturated carbocycles. The van der Waals surface area contributed by atoms with Crippen molar-refractivity contribution in [2.24, 2.45) is 5.73 Å². The van der Waals surface area contributed by atoms with Crippen molar-refractivity contribution >= 4 is 44.7 Å². The van der Waals surface area contributed by atoms with Crippen LogP contribution in [0.2, 0.25) is 5.02 Å². The van der Waals surface area contributed by atoms with Gasteiger partial charge in [-0.2, -0.15) is 0 Å². The predicted octanol–water partition coefficient (Wildman–Crippen LogP) is 3.92. The van der Waals surface area contributed by atoms with E-state index in [2.05, 4.69) is 20.9 Å². The first-order chi connectivity index (χ1) is 8.56. The van der Waals surface area contributed by atoms with Gasteiger partial charge in [0.2, 0.25) is 5.88 Å². The van der Waals surface area contributed by atoms with Gasteiger partial charge in [-0.1, -0.05) is 39.7 Å². The maximum absolute atomic E-state index is 6.01. The number of rotatable bonds is 3. The molecule has 3 nitrogen and oxygen atoms in total. The van der Waals surface area contributed by atoms with Crippen LogP contribution >= 0.6 is 39.7 Å². The molecule has 0 spiro atoms. The maximum atomic E-state index is 6.01. The molecule has 18 heavy (non-hydrogen) atoms. The molecule has 1 aromatic carbocycles. The number of ether oxygens (including phenoxy) is 1. The Labute approximate surface area is 123 Å². The lowest BCUT2D eigenvalue weighted by molar-refractivity contribution is 0.463. The molecule has 1 aromatic heterocycles. The normalized spacial score (nSPS) is 10.1. The van der Waals surface area contributed by atoms with E-state index in [9.17, 15) is 0 Å². The van der Waals surface area contributed by atoms with E-state index in [1.807, 2.05) is 6.07 Å². The van der Waals surface area contributed by atoms with E-state index >= 15 is 0 Å². The fourth-order valence-electron chi connectivity index (χ4n) is 1.25. The molecule has 2 aromatic rings. The summed E-state index contributed by atoms with van der Waals surface area (Å²) in [6.07, 6.45) is 1.56. The molecule has 2 N–H and O–H groups in total. The van der Waals surface area contributed by atoms with Gasteiger partial charge in [0.05, 0.1) is 5.02 Å². The van der Waals surface area contributed by atoms with Gasteiger partial charge in [0.1, 0.15) is 10.7 Å². The van der Waals surface area contributed by atoms with Crippen molar-refractivity contribution in [1.82, 2.24) is 4.98 Å². The van der Waals surface area contributed by atoms with E-state index in [4.69, 9.17) is 34.3 Å². The van der Waals surface area contributed by atoms with Gasteiger partial charge in [-0.05, 0) is 24.3 Å². The zero-order valence-corrected chi connectivity index (χ0v) is 12.2. The second-order valence-electron chi connectivity index (χ2n) is 3.43. The number of thiocarbonyl (C=S) groups is 1. The van der Waals surface area contributed by atoms with Crippen LogP contribution in [0, 0.1) is 0 Å². The predicted molar refractivity (Wildman–Crippen MR) is 79.4 cm³/mol. The molecule has 0 atom stereocenters. The molecule has 0 saturated heterocycles. The highest BCUT2D eigenvalue weighted by Crippen LogP contribution is 2.31. The SMILES string of the molecule is NC(=S)c1ccc(Oc2cc(Br)ccc2Cl)nc1. The van der Waals surface area contributed by atoms with Crippen molar-refractivity contribution in [3.63, 3.8) is 0 Å². The molecule has 2 rings (SSSR count). The van der Waals surface area contributed by atoms with Crippen molar-refractivity contribution in [2.75, 3.05) is 0 Å². The number of halogens is 2. The molecule has 92 valence electrons. The lowest BCUT2D eigenvalue weighted by atomic mass is 10.3. The highest BCUT2D eigenvalue weighted by molar-refractivity contribution is 9.10.